The molecular formula is C12H7BrFN3. The van der Waals surface area contributed by atoms with E-state index in [1.54, 1.807) is 24.5 Å². The summed E-state index contributed by atoms with van der Waals surface area (Å²) in [6.45, 7) is 0. The van der Waals surface area contributed by atoms with Gasteiger partial charge in [0.15, 0.2) is 0 Å². The maximum Gasteiger partial charge on any atom is 0.124 e. The van der Waals surface area contributed by atoms with E-state index in [1.807, 2.05) is 0 Å². The van der Waals surface area contributed by atoms with Crippen LogP contribution >= 0.6 is 15.9 Å². The number of anilines is 2. The molecule has 1 heterocycles. The largest absolute Gasteiger partial charge is 0.352 e. The van der Waals surface area contributed by atoms with E-state index in [2.05, 4.69) is 32.3 Å². The third-order valence-corrected chi connectivity index (χ3v) is 2.80. The van der Waals surface area contributed by atoms with Crippen molar-refractivity contribution in [2.45, 2.75) is 0 Å². The monoisotopic (exact) mass is 291 g/mol. The van der Waals surface area contributed by atoms with Crippen molar-refractivity contribution in [3.8, 4) is 6.07 Å². The quantitative estimate of drug-likeness (QED) is 0.920. The van der Waals surface area contributed by atoms with E-state index in [4.69, 9.17) is 5.26 Å². The molecule has 0 amide bonds. The zero-order valence-corrected chi connectivity index (χ0v) is 10.2. The second-order valence-corrected chi connectivity index (χ2v) is 4.14. The maximum atomic E-state index is 12.9. The van der Waals surface area contributed by atoms with Crippen molar-refractivity contribution in [2.75, 3.05) is 5.32 Å². The van der Waals surface area contributed by atoms with Crippen LogP contribution < -0.4 is 5.32 Å². The highest BCUT2D eigenvalue weighted by atomic mass is 79.9. The lowest BCUT2D eigenvalue weighted by Crippen LogP contribution is -1.95. The lowest BCUT2D eigenvalue weighted by molar-refractivity contribution is 0.627. The van der Waals surface area contributed by atoms with E-state index >= 15 is 0 Å². The molecule has 0 aliphatic heterocycles. The van der Waals surface area contributed by atoms with Gasteiger partial charge in [-0.25, -0.2) is 4.39 Å². The lowest BCUT2D eigenvalue weighted by atomic mass is 10.2. The summed E-state index contributed by atoms with van der Waals surface area (Å²) in [4.78, 5) is 3.93. The molecule has 0 fully saturated rings. The number of nitrogens with zero attached hydrogens (tertiary/aromatic N) is 2. The van der Waals surface area contributed by atoms with Crippen LogP contribution in [0.5, 0.6) is 0 Å². The Labute approximate surface area is 106 Å². The van der Waals surface area contributed by atoms with Crippen molar-refractivity contribution in [3.63, 3.8) is 0 Å². The average molecular weight is 292 g/mol. The predicted octanol–water partition coefficient (Wildman–Crippen LogP) is 3.60. The van der Waals surface area contributed by atoms with Crippen LogP contribution in [-0.4, -0.2) is 4.98 Å². The van der Waals surface area contributed by atoms with Gasteiger partial charge in [0.2, 0.25) is 0 Å². The van der Waals surface area contributed by atoms with Gasteiger partial charge in [0.1, 0.15) is 11.9 Å². The highest BCUT2D eigenvalue weighted by Crippen LogP contribution is 2.27. The van der Waals surface area contributed by atoms with Gasteiger partial charge in [0.05, 0.1) is 23.1 Å². The van der Waals surface area contributed by atoms with Gasteiger partial charge in [-0.3, -0.25) is 4.98 Å². The fourth-order valence-electron chi connectivity index (χ4n) is 1.33. The Morgan fingerprint density at radius 2 is 2.12 bits per heavy atom. The zero-order chi connectivity index (χ0) is 12.3. The zero-order valence-electron chi connectivity index (χ0n) is 8.61. The molecule has 0 saturated heterocycles. The molecule has 0 saturated carbocycles. The average Bonchev–Trinajstić information content (AvgIpc) is 2.33. The Kier molecular flexibility index (Phi) is 3.35. The summed E-state index contributed by atoms with van der Waals surface area (Å²) in [5.74, 6) is -0.325. The number of hydrogen-bond donors (Lipinski definition) is 1. The molecule has 1 aromatic carbocycles. The minimum absolute atomic E-state index is 0.325. The Balaban J connectivity index is 2.35. The number of nitriles is 1. The first-order valence-corrected chi connectivity index (χ1v) is 5.56. The summed E-state index contributed by atoms with van der Waals surface area (Å²) >= 11 is 3.25. The third kappa shape index (κ3) is 2.60. The highest BCUT2D eigenvalue weighted by Gasteiger charge is 2.05. The number of nitrogens with one attached hydrogen (secondary N) is 1. The van der Waals surface area contributed by atoms with Crippen LogP contribution in [0.25, 0.3) is 0 Å². The van der Waals surface area contributed by atoms with Crippen molar-refractivity contribution in [1.29, 1.82) is 5.26 Å². The first kappa shape index (κ1) is 11.6. The summed E-state index contributed by atoms with van der Waals surface area (Å²) in [6, 6.07) is 7.95. The molecule has 1 N–H and O–H groups in total. The van der Waals surface area contributed by atoms with Crippen molar-refractivity contribution < 1.29 is 4.39 Å². The number of rotatable bonds is 2. The summed E-state index contributed by atoms with van der Waals surface area (Å²) < 4.78 is 13.5. The standard InChI is InChI=1S/C12H7BrFN3/c13-10-5-9(14)1-2-11(10)17-12-7-16-4-3-8(12)6-15/h1-5,7,17H. The number of pyridine rings is 1. The Bertz CT molecular complexity index is 593. The van der Waals surface area contributed by atoms with Crippen LogP contribution in [0.2, 0.25) is 0 Å². The molecule has 2 rings (SSSR count). The molecule has 0 atom stereocenters. The van der Waals surface area contributed by atoms with Crippen molar-refractivity contribution >= 4 is 27.3 Å². The first-order valence-electron chi connectivity index (χ1n) is 4.77. The molecule has 2 aromatic rings. The smallest absolute Gasteiger partial charge is 0.124 e. The molecule has 17 heavy (non-hydrogen) atoms. The molecule has 1 aromatic heterocycles. The SMILES string of the molecule is N#Cc1ccncc1Nc1ccc(F)cc1Br. The summed E-state index contributed by atoms with van der Waals surface area (Å²) in [5, 5.41) is 11.9. The molecule has 0 aliphatic carbocycles. The number of halogens is 2. The van der Waals surface area contributed by atoms with Gasteiger partial charge in [-0.1, -0.05) is 0 Å². The van der Waals surface area contributed by atoms with Crippen LogP contribution in [0.1, 0.15) is 5.56 Å². The van der Waals surface area contributed by atoms with Crippen molar-refractivity contribution in [1.82, 2.24) is 4.98 Å². The third-order valence-electron chi connectivity index (χ3n) is 2.14. The molecule has 0 radical (unpaired) electrons. The number of aromatic nitrogens is 1. The molecule has 84 valence electrons. The van der Waals surface area contributed by atoms with Crippen LogP contribution in [0.3, 0.4) is 0 Å². The van der Waals surface area contributed by atoms with Crippen LogP contribution in [0.15, 0.2) is 41.1 Å². The van der Waals surface area contributed by atoms with Gasteiger partial charge < -0.3 is 5.32 Å². The van der Waals surface area contributed by atoms with Gasteiger partial charge in [-0.2, -0.15) is 5.26 Å². The topological polar surface area (TPSA) is 48.7 Å². The molecule has 0 aliphatic rings. The van der Waals surface area contributed by atoms with Gasteiger partial charge in [-0.15, -0.1) is 0 Å². The highest BCUT2D eigenvalue weighted by molar-refractivity contribution is 9.10. The first-order chi connectivity index (χ1) is 8.20. The van der Waals surface area contributed by atoms with Crippen molar-refractivity contribution in [2.24, 2.45) is 0 Å². The van der Waals surface area contributed by atoms with E-state index in [0.717, 1.165) is 0 Å². The van der Waals surface area contributed by atoms with Crippen LogP contribution in [0.4, 0.5) is 15.8 Å². The predicted molar refractivity (Wildman–Crippen MR) is 66.3 cm³/mol. The van der Waals surface area contributed by atoms with E-state index in [-0.39, 0.29) is 5.82 Å². The number of hydrogen-bond acceptors (Lipinski definition) is 3. The Morgan fingerprint density at radius 3 is 2.82 bits per heavy atom. The Morgan fingerprint density at radius 1 is 1.29 bits per heavy atom. The van der Waals surface area contributed by atoms with Gasteiger partial charge in [0, 0.05) is 10.7 Å². The van der Waals surface area contributed by atoms with E-state index < -0.39 is 0 Å². The van der Waals surface area contributed by atoms with Gasteiger partial charge in [0.25, 0.3) is 0 Å². The molecule has 0 bridgehead atoms. The summed E-state index contributed by atoms with van der Waals surface area (Å²) in [5.41, 5.74) is 1.74. The normalized spacial score (nSPS) is 9.71. The lowest BCUT2D eigenvalue weighted by Gasteiger charge is -2.09. The minimum Gasteiger partial charge on any atom is -0.352 e. The fraction of sp³-hybridized carbons (Fsp3) is 0. The second kappa shape index (κ2) is 4.93. The van der Waals surface area contributed by atoms with Gasteiger partial charge >= 0.3 is 0 Å². The Hall–Kier alpha value is -1.93. The molecule has 0 spiro atoms. The minimum atomic E-state index is -0.325. The summed E-state index contributed by atoms with van der Waals surface area (Å²) in [7, 11) is 0. The van der Waals surface area contributed by atoms with E-state index in [0.29, 0.717) is 21.4 Å². The fourth-order valence-corrected chi connectivity index (χ4v) is 1.78. The van der Waals surface area contributed by atoms with Gasteiger partial charge in [-0.05, 0) is 40.2 Å². The maximum absolute atomic E-state index is 12.9. The molecule has 5 heteroatoms. The van der Waals surface area contributed by atoms with Crippen LogP contribution in [0, 0.1) is 17.1 Å². The summed E-state index contributed by atoms with van der Waals surface area (Å²) in [6.07, 6.45) is 3.10. The molecule has 0 unspecified atom stereocenters. The van der Waals surface area contributed by atoms with Crippen molar-refractivity contribution in [3.05, 3.63) is 52.5 Å². The molecular weight excluding hydrogens is 285 g/mol. The molecule has 3 nitrogen and oxygen atoms in total. The van der Waals surface area contributed by atoms with E-state index in [1.165, 1.54) is 12.1 Å². The second-order valence-electron chi connectivity index (χ2n) is 3.28. The van der Waals surface area contributed by atoms with E-state index in [9.17, 15) is 4.39 Å². The number of benzene rings is 1. The van der Waals surface area contributed by atoms with Crippen LogP contribution in [-0.2, 0) is 0 Å².